The lowest BCUT2D eigenvalue weighted by atomic mass is 10.1. The van der Waals surface area contributed by atoms with Crippen LogP contribution < -0.4 is 5.32 Å². The molecule has 2 heterocycles. The Morgan fingerprint density at radius 3 is 2.76 bits per heavy atom. The highest BCUT2D eigenvalue weighted by Crippen LogP contribution is 2.23. The number of rotatable bonds is 2. The minimum Gasteiger partial charge on any atom is -0.376 e. The third kappa shape index (κ3) is 2.91. The molecule has 0 saturated carbocycles. The zero-order valence-electron chi connectivity index (χ0n) is 11.8. The van der Waals surface area contributed by atoms with Crippen LogP contribution in [0, 0.1) is 11.6 Å². The molecule has 2 fully saturated rings. The average molecular weight is 296 g/mol. The number of hydrogen-bond acceptors (Lipinski definition) is 3. The van der Waals surface area contributed by atoms with Crippen LogP contribution in [0.5, 0.6) is 0 Å². The summed E-state index contributed by atoms with van der Waals surface area (Å²) in [6, 6.07) is 3.60. The lowest BCUT2D eigenvalue weighted by Gasteiger charge is -2.33. The summed E-state index contributed by atoms with van der Waals surface area (Å²) < 4.78 is 32.8. The molecule has 6 heteroatoms. The Morgan fingerprint density at radius 1 is 1.33 bits per heavy atom. The van der Waals surface area contributed by atoms with Crippen molar-refractivity contribution in [2.45, 2.75) is 31.5 Å². The van der Waals surface area contributed by atoms with E-state index in [9.17, 15) is 13.6 Å². The van der Waals surface area contributed by atoms with Crippen molar-refractivity contribution in [3.63, 3.8) is 0 Å². The molecule has 2 saturated heterocycles. The molecular formula is C15H18F2N2O2. The van der Waals surface area contributed by atoms with Crippen molar-refractivity contribution in [3.8, 4) is 0 Å². The van der Waals surface area contributed by atoms with Gasteiger partial charge in [0, 0.05) is 25.2 Å². The van der Waals surface area contributed by atoms with E-state index < -0.39 is 23.1 Å². The van der Waals surface area contributed by atoms with Gasteiger partial charge in [-0.05, 0) is 25.5 Å². The van der Waals surface area contributed by atoms with Crippen molar-refractivity contribution in [1.29, 1.82) is 0 Å². The van der Waals surface area contributed by atoms with Gasteiger partial charge in [0.15, 0.2) is 0 Å². The molecule has 1 aromatic rings. The van der Waals surface area contributed by atoms with Crippen molar-refractivity contribution >= 4 is 5.91 Å². The molecule has 0 aliphatic carbocycles. The van der Waals surface area contributed by atoms with E-state index in [-0.39, 0.29) is 18.2 Å². The summed E-state index contributed by atoms with van der Waals surface area (Å²) in [6.07, 6.45) is 0.925. The van der Waals surface area contributed by atoms with Gasteiger partial charge in [0.25, 0.3) is 5.91 Å². The smallest absolute Gasteiger partial charge is 0.257 e. The van der Waals surface area contributed by atoms with Crippen LogP contribution in [0.4, 0.5) is 8.78 Å². The third-order valence-corrected chi connectivity index (χ3v) is 4.12. The molecule has 2 aliphatic rings. The molecule has 0 unspecified atom stereocenters. The molecular weight excluding hydrogens is 278 g/mol. The van der Waals surface area contributed by atoms with E-state index in [4.69, 9.17) is 4.74 Å². The number of halogens is 2. The SMILES string of the molecule is C[C@@H]1CN2C[C@@H](NC(=O)c3c(F)cccc3F)C[C@H]2CO1. The summed E-state index contributed by atoms with van der Waals surface area (Å²) in [7, 11) is 0. The van der Waals surface area contributed by atoms with E-state index in [0.29, 0.717) is 13.2 Å². The molecule has 0 spiro atoms. The van der Waals surface area contributed by atoms with Gasteiger partial charge in [0.1, 0.15) is 17.2 Å². The average Bonchev–Trinajstić information content (AvgIpc) is 2.79. The highest BCUT2D eigenvalue weighted by Gasteiger charge is 2.37. The predicted molar refractivity (Wildman–Crippen MR) is 73.0 cm³/mol. The largest absolute Gasteiger partial charge is 0.376 e. The van der Waals surface area contributed by atoms with Gasteiger partial charge in [-0.3, -0.25) is 9.69 Å². The number of nitrogens with zero attached hydrogens (tertiary/aromatic N) is 1. The van der Waals surface area contributed by atoms with Crippen LogP contribution in [-0.2, 0) is 4.74 Å². The fourth-order valence-corrected chi connectivity index (χ4v) is 3.12. The van der Waals surface area contributed by atoms with Crippen LogP contribution in [0.25, 0.3) is 0 Å². The minimum absolute atomic E-state index is 0.101. The lowest BCUT2D eigenvalue weighted by molar-refractivity contribution is -0.0390. The van der Waals surface area contributed by atoms with Crippen molar-refractivity contribution in [2.24, 2.45) is 0 Å². The summed E-state index contributed by atoms with van der Waals surface area (Å²) >= 11 is 0. The number of hydrogen-bond donors (Lipinski definition) is 1. The van der Waals surface area contributed by atoms with Gasteiger partial charge in [-0.15, -0.1) is 0 Å². The zero-order chi connectivity index (χ0) is 15.0. The van der Waals surface area contributed by atoms with E-state index in [0.717, 1.165) is 25.1 Å². The molecule has 21 heavy (non-hydrogen) atoms. The van der Waals surface area contributed by atoms with Crippen molar-refractivity contribution < 1.29 is 18.3 Å². The molecule has 1 N–H and O–H groups in total. The molecule has 3 rings (SSSR count). The fraction of sp³-hybridized carbons (Fsp3) is 0.533. The second kappa shape index (κ2) is 5.69. The first-order valence-corrected chi connectivity index (χ1v) is 7.15. The molecule has 1 aromatic carbocycles. The Hall–Kier alpha value is -1.53. The summed E-state index contributed by atoms with van der Waals surface area (Å²) in [6.45, 7) is 4.17. The number of benzene rings is 1. The summed E-state index contributed by atoms with van der Waals surface area (Å²) in [5, 5.41) is 2.73. The van der Waals surface area contributed by atoms with E-state index in [1.165, 1.54) is 6.07 Å². The Balaban J connectivity index is 1.66. The molecule has 3 atom stereocenters. The zero-order valence-corrected chi connectivity index (χ0v) is 11.8. The Bertz CT molecular complexity index is 532. The molecule has 0 radical (unpaired) electrons. The Kier molecular flexibility index (Phi) is 3.91. The Morgan fingerprint density at radius 2 is 2.05 bits per heavy atom. The van der Waals surface area contributed by atoms with Gasteiger partial charge in [-0.25, -0.2) is 8.78 Å². The maximum absolute atomic E-state index is 13.6. The molecule has 0 bridgehead atoms. The van der Waals surface area contributed by atoms with E-state index in [1.807, 2.05) is 6.92 Å². The van der Waals surface area contributed by atoms with E-state index in [1.54, 1.807) is 0 Å². The molecule has 2 aliphatic heterocycles. The maximum Gasteiger partial charge on any atom is 0.257 e. The van der Waals surface area contributed by atoms with E-state index in [2.05, 4.69) is 10.2 Å². The van der Waals surface area contributed by atoms with Crippen LogP contribution in [-0.4, -0.2) is 48.7 Å². The standard InChI is InChI=1S/C15H18F2N2O2/c1-9-6-19-7-10(5-11(19)8-21-9)18-15(20)14-12(16)3-2-4-13(14)17/h2-4,9-11H,5-8H2,1H3,(H,18,20)/t9-,10+,11+/m1/s1. The topological polar surface area (TPSA) is 41.6 Å². The van der Waals surface area contributed by atoms with Gasteiger partial charge in [-0.2, -0.15) is 0 Å². The maximum atomic E-state index is 13.6. The molecule has 1 amide bonds. The van der Waals surface area contributed by atoms with Crippen molar-refractivity contribution in [1.82, 2.24) is 10.2 Å². The first-order chi connectivity index (χ1) is 10.0. The quantitative estimate of drug-likeness (QED) is 0.900. The third-order valence-electron chi connectivity index (χ3n) is 4.12. The number of ether oxygens (including phenoxy) is 1. The summed E-state index contributed by atoms with van der Waals surface area (Å²) in [5.74, 6) is -2.36. The fourth-order valence-electron chi connectivity index (χ4n) is 3.12. The second-order valence-corrected chi connectivity index (χ2v) is 5.75. The minimum atomic E-state index is -0.833. The number of nitrogens with one attached hydrogen (secondary N) is 1. The molecule has 114 valence electrons. The second-order valence-electron chi connectivity index (χ2n) is 5.75. The number of fused-ring (bicyclic) bond motifs is 1. The van der Waals surface area contributed by atoms with Crippen LogP contribution >= 0.6 is 0 Å². The van der Waals surface area contributed by atoms with Crippen LogP contribution in [0.15, 0.2) is 18.2 Å². The van der Waals surface area contributed by atoms with Crippen LogP contribution in [0.2, 0.25) is 0 Å². The first kappa shape index (κ1) is 14.4. The number of carbonyl (C=O) groups excluding carboxylic acids is 1. The summed E-state index contributed by atoms with van der Waals surface area (Å²) in [4.78, 5) is 14.3. The monoisotopic (exact) mass is 296 g/mol. The van der Waals surface area contributed by atoms with Crippen molar-refractivity contribution in [2.75, 3.05) is 19.7 Å². The first-order valence-electron chi connectivity index (χ1n) is 7.15. The predicted octanol–water partition coefficient (Wildman–Crippen LogP) is 1.56. The highest BCUT2D eigenvalue weighted by atomic mass is 19.1. The highest BCUT2D eigenvalue weighted by molar-refractivity contribution is 5.95. The van der Waals surface area contributed by atoms with Gasteiger partial charge in [0.2, 0.25) is 0 Å². The number of amides is 1. The van der Waals surface area contributed by atoms with E-state index >= 15 is 0 Å². The van der Waals surface area contributed by atoms with Gasteiger partial charge >= 0.3 is 0 Å². The Labute approximate surface area is 122 Å². The van der Waals surface area contributed by atoms with Gasteiger partial charge < -0.3 is 10.1 Å². The van der Waals surface area contributed by atoms with Gasteiger partial charge in [-0.1, -0.05) is 6.07 Å². The normalized spacial score (nSPS) is 29.2. The van der Waals surface area contributed by atoms with Gasteiger partial charge in [0.05, 0.1) is 12.7 Å². The number of morpholine rings is 1. The van der Waals surface area contributed by atoms with Crippen LogP contribution in [0.1, 0.15) is 23.7 Å². The molecule has 0 aromatic heterocycles. The van der Waals surface area contributed by atoms with Crippen molar-refractivity contribution in [3.05, 3.63) is 35.4 Å². The summed E-state index contributed by atoms with van der Waals surface area (Å²) in [5.41, 5.74) is -0.507. The number of carbonyl (C=O) groups is 1. The molecule has 4 nitrogen and oxygen atoms in total. The van der Waals surface area contributed by atoms with Crippen LogP contribution in [0.3, 0.4) is 0 Å². The lowest BCUT2D eigenvalue weighted by Crippen LogP contribution is -2.45.